The Balaban J connectivity index is 1.50. The number of piperidine rings is 1. The van der Waals surface area contributed by atoms with Gasteiger partial charge in [-0.25, -0.2) is 9.37 Å². The standard InChI is InChI=1S/C22H19ClFN5O2/c23-15-4-5-18-17(13-15)20(28-8-6-22(7-9-28)30-10-11-31-22)25-21-19(26-27-29(18)21)14-2-1-3-16(24)12-14/h1-5,12-13H,6-11H2. The second-order valence-corrected chi connectivity index (χ2v) is 8.31. The fourth-order valence-corrected chi connectivity index (χ4v) is 4.65. The van der Waals surface area contributed by atoms with Crippen LogP contribution in [0.25, 0.3) is 27.8 Å². The van der Waals surface area contributed by atoms with Gasteiger partial charge in [-0.05, 0) is 30.3 Å². The van der Waals surface area contributed by atoms with Gasteiger partial charge in [0.15, 0.2) is 11.4 Å². The smallest absolute Gasteiger partial charge is 0.186 e. The monoisotopic (exact) mass is 439 g/mol. The first kappa shape index (κ1) is 18.9. The van der Waals surface area contributed by atoms with Crippen LogP contribution in [0.3, 0.4) is 0 Å². The number of ether oxygens (including phenoxy) is 2. The Kier molecular flexibility index (Phi) is 4.34. The molecule has 1 spiro atoms. The highest BCUT2D eigenvalue weighted by atomic mass is 35.5. The molecule has 7 nitrogen and oxygen atoms in total. The molecule has 2 aromatic heterocycles. The summed E-state index contributed by atoms with van der Waals surface area (Å²) < 4.78 is 27.3. The zero-order valence-corrected chi connectivity index (χ0v) is 17.3. The van der Waals surface area contributed by atoms with Crippen LogP contribution in [0.15, 0.2) is 42.5 Å². The van der Waals surface area contributed by atoms with Crippen LogP contribution in [0.5, 0.6) is 0 Å². The van der Waals surface area contributed by atoms with Gasteiger partial charge in [0.2, 0.25) is 0 Å². The molecule has 0 N–H and O–H groups in total. The number of halogens is 2. The Labute approximate surface area is 182 Å². The predicted octanol–water partition coefficient (Wildman–Crippen LogP) is 4.08. The summed E-state index contributed by atoms with van der Waals surface area (Å²) in [6.45, 7) is 2.76. The van der Waals surface area contributed by atoms with Crippen molar-refractivity contribution in [2.75, 3.05) is 31.2 Å². The molecule has 2 saturated heterocycles. The van der Waals surface area contributed by atoms with Crippen molar-refractivity contribution in [3.8, 4) is 11.3 Å². The third-order valence-electron chi connectivity index (χ3n) is 6.02. The van der Waals surface area contributed by atoms with Gasteiger partial charge in [-0.1, -0.05) is 28.9 Å². The molecule has 2 fully saturated rings. The molecule has 4 heterocycles. The molecule has 2 aromatic carbocycles. The Morgan fingerprint density at radius 3 is 2.61 bits per heavy atom. The minimum Gasteiger partial charge on any atom is -0.356 e. The van der Waals surface area contributed by atoms with E-state index in [0.717, 1.165) is 42.7 Å². The molecule has 0 amide bonds. The molecule has 31 heavy (non-hydrogen) atoms. The molecule has 0 aliphatic carbocycles. The van der Waals surface area contributed by atoms with Gasteiger partial charge < -0.3 is 14.4 Å². The summed E-state index contributed by atoms with van der Waals surface area (Å²) in [4.78, 5) is 7.17. The maximum Gasteiger partial charge on any atom is 0.186 e. The average molecular weight is 440 g/mol. The predicted molar refractivity (Wildman–Crippen MR) is 115 cm³/mol. The average Bonchev–Trinajstić information content (AvgIpc) is 3.41. The summed E-state index contributed by atoms with van der Waals surface area (Å²) in [6, 6.07) is 11.9. The molecule has 0 bridgehead atoms. The van der Waals surface area contributed by atoms with Crippen LogP contribution in [-0.2, 0) is 9.47 Å². The van der Waals surface area contributed by atoms with Crippen molar-refractivity contribution in [3.63, 3.8) is 0 Å². The minimum atomic E-state index is -0.473. The molecule has 158 valence electrons. The van der Waals surface area contributed by atoms with E-state index in [1.54, 1.807) is 16.6 Å². The van der Waals surface area contributed by atoms with Crippen LogP contribution >= 0.6 is 11.6 Å². The van der Waals surface area contributed by atoms with Crippen LogP contribution in [0.2, 0.25) is 5.02 Å². The van der Waals surface area contributed by atoms with Gasteiger partial charge in [-0.3, -0.25) is 0 Å². The molecule has 0 saturated carbocycles. The van der Waals surface area contributed by atoms with Gasteiger partial charge in [0.05, 0.1) is 18.7 Å². The number of aromatic nitrogens is 4. The summed E-state index contributed by atoms with van der Waals surface area (Å²) in [5.41, 5.74) is 2.58. The van der Waals surface area contributed by atoms with Crippen LogP contribution < -0.4 is 4.90 Å². The minimum absolute atomic E-state index is 0.329. The fourth-order valence-electron chi connectivity index (χ4n) is 4.48. The van der Waals surface area contributed by atoms with E-state index in [4.69, 9.17) is 26.1 Å². The van der Waals surface area contributed by atoms with E-state index in [1.807, 2.05) is 18.2 Å². The van der Waals surface area contributed by atoms with E-state index in [-0.39, 0.29) is 5.82 Å². The first-order valence-electron chi connectivity index (χ1n) is 10.3. The van der Waals surface area contributed by atoms with Gasteiger partial charge in [-0.15, -0.1) is 5.10 Å². The zero-order chi connectivity index (χ0) is 21.0. The lowest BCUT2D eigenvalue weighted by molar-refractivity contribution is -0.169. The summed E-state index contributed by atoms with van der Waals surface area (Å²) >= 11 is 6.32. The quantitative estimate of drug-likeness (QED) is 0.469. The molecule has 6 rings (SSSR count). The van der Waals surface area contributed by atoms with E-state index in [2.05, 4.69) is 15.2 Å². The van der Waals surface area contributed by atoms with E-state index >= 15 is 0 Å². The number of rotatable bonds is 2. The van der Waals surface area contributed by atoms with Crippen molar-refractivity contribution in [2.24, 2.45) is 0 Å². The van der Waals surface area contributed by atoms with Crippen molar-refractivity contribution in [1.29, 1.82) is 0 Å². The molecule has 0 unspecified atom stereocenters. The van der Waals surface area contributed by atoms with E-state index in [1.165, 1.54) is 12.1 Å². The lowest BCUT2D eigenvalue weighted by Crippen LogP contribution is -2.45. The Hall–Kier alpha value is -2.81. The van der Waals surface area contributed by atoms with Crippen molar-refractivity contribution in [2.45, 2.75) is 18.6 Å². The van der Waals surface area contributed by atoms with Gasteiger partial charge >= 0.3 is 0 Å². The Morgan fingerprint density at radius 1 is 1.03 bits per heavy atom. The Morgan fingerprint density at radius 2 is 1.84 bits per heavy atom. The van der Waals surface area contributed by atoms with Crippen LogP contribution in [0.4, 0.5) is 10.2 Å². The molecule has 2 aliphatic heterocycles. The van der Waals surface area contributed by atoms with Gasteiger partial charge in [0.1, 0.15) is 17.3 Å². The SMILES string of the molecule is Fc1cccc(-c2nnn3c2nc(N2CCC4(CC2)OCCO4)c2cc(Cl)ccc23)c1. The number of hydrogen-bond donors (Lipinski definition) is 0. The molecular weight excluding hydrogens is 421 g/mol. The molecular formula is C22H19ClFN5O2. The van der Waals surface area contributed by atoms with Crippen molar-refractivity contribution in [1.82, 2.24) is 19.8 Å². The van der Waals surface area contributed by atoms with Crippen LogP contribution in [0, 0.1) is 5.82 Å². The number of fused-ring (bicyclic) bond motifs is 3. The molecule has 0 radical (unpaired) electrons. The third kappa shape index (κ3) is 3.13. The highest BCUT2D eigenvalue weighted by Gasteiger charge is 2.40. The zero-order valence-electron chi connectivity index (χ0n) is 16.6. The van der Waals surface area contributed by atoms with E-state index in [9.17, 15) is 4.39 Å². The normalized spacial score (nSPS) is 18.5. The lowest BCUT2D eigenvalue weighted by Gasteiger charge is -2.38. The maximum absolute atomic E-state index is 13.8. The second-order valence-electron chi connectivity index (χ2n) is 7.88. The lowest BCUT2D eigenvalue weighted by atomic mass is 10.0. The van der Waals surface area contributed by atoms with Gasteiger partial charge in [0.25, 0.3) is 0 Å². The van der Waals surface area contributed by atoms with Crippen molar-refractivity contribution in [3.05, 3.63) is 53.3 Å². The van der Waals surface area contributed by atoms with Crippen LogP contribution in [-0.4, -0.2) is 51.9 Å². The Bertz CT molecular complexity index is 1290. The fraction of sp³-hybridized carbons (Fsp3) is 0.318. The molecule has 4 aromatic rings. The first-order chi connectivity index (χ1) is 15.1. The first-order valence-corrected chi connectivity index (χ1v) is 10.6. The molecule has 0 atom stereocenters. The van der Waals surface area contributed by atoms with E-state index < -0.39 is 5.79 Å². The summed E-state index contributed by atoms with van der Waals surface area (Å²) in [7, 11) is 0. The highest BCUT2D eigenvalue weighted by molar-refractivity contribution is 6.31. The number of nitrogens with zero attached hydrogens (tertiary/aromatic N) is 5. The number of benzene rings is 2. The van der Waals surface area contributed by atoms with Crippen LogP contribution in [0.1, 0.15) is 12.8 Å². The third-order valence-corrected chi connectivity index (χ3v) is 6.26. The largest absolute Gasteiger partial charge is 0.356 e. The molecule has 9 heteroatoms. The molecule has 2 aliphatic rings. The van der Waals surface area contributed by atoms with Crippen molar-refractivity contribution < 1.29 is 13.9 Å². The second kappa shape index (κ2) is 7.12. The van der Waals surface area contributed by atoms with Gasteiger partial charge in [-0.2, -0.15) is 4.52 Å². The number of anilines is 1. The highest BCUT2D eigenvalue weighted by Crippen LogP contribution is 2.36. The summed E-state index contributed by atoms with van der Waals surface area (Å²) in [5, 5.41) is 10.1. The number of hydrogen-bond acceptors (Lipinski definition) is 6. The maximum atomic E-state index is 13.8. The topological polar surface area (TPSA) is 64.8 Å². The summed E-state index contributed by atoms with van der Waals surface area (Å²) in [6.07, 6.45) is 1.52. The van der Waals surface area contributed by atoms with E-state index in [0.29, 0.717) is 35.1 Å². The van der Waals surface area contributed by atoms with Gasteiger partial charge in [0, 0.05) is 41.9 Å². The summed E-state index contributed by atoms with van der Waals surface area (Å²) in [5.74, 6) is 0.000931. The van der Waals surface area contributed by atoms with Crippen molar-refractivity contribution >= 4 is 34.0 Å².